The predicted molar refractivity (Wildman–Crippen MR) is 195 cm³/mol. The van der Waals surface area contributed by atoms with Crippen molar-refractivity contribution in [1.29, 1.82) is 5.26 Å². The summed E-state index contributed by atoms with van der Waals surface area (Å²) in [4.78, 5) is 65.9. The van der Waals surface area contributed by atoms with Gasteiger partial charge in [-0.25, -0.2) is 0 Å². The molecule has 2 N–H and O–H groups in total. The molecule has 3 aliphatic rings. The number of hydrogen-bond donors (Lipinski definition) is 2. The van der Waals surface area contributed by atoms with Crippen LogP contribution in [0.15, 0.2) is 60.7 Å². The number of halogens is 3. The van der Waals surface area contributed by atoms with Crippen LogP contribution in [0.2, 0.25) is 0 Å². The van der Waals surface area contributed by atoms with Crippen LogP contribution in [0.5, 0.6) is 11.5 Å². The summed E-state index contributed by atoms with van der Waals surface area (Å²) in [5, 5.41) is 14.4. The standard InChI is InChI=1S/C40H40F3N5O9/c1-39(2)23-47(38(53)34(39)57-27-11-8-25(21-44)29(20-27)40(41,42)43)22-24-6-9-26(10-7-24)56-19-18-55-17-16-54-15-14-45-30-5-3-4-28-33(30)37(52)48(36(28)51)31-12-13-32(49)46-35(31)50/h3-11,20,31,34,45H,12-19,22-23H2,1-2H3,(H,46,49,50). The van der Waals surface area contributed by atoms with Crippen molar-refractivity contribution in [1.82, 2.24) is 15.1 Å². The van der Waals surface area contributed by atoms with Crippen LogP contribution < -0.4 is 20.1 Å². The number of amides is 5. The fraction of sp³-hybridized carbons (Fsp3) is 0.400. The number of carbonyl (C=O) groups is 5. The number of nitrogens with one attached hydrogen (secondary N) is 2. The Morgan fingerprint density at radius 1 is 0.912 bits per heavy atom. The van der Waals surface area contributed by atoms with Gasteiger partial charge in [0.15, 0.2) is 6.10 Å². The largest absolute Gasteiger partial charge is 0.491 e. The molecule has 2 unspecified atom stereocenters. The summed E-state index contributed by atoms with van der Waals surface area (Å²) >= 11 is 0. The number of benzene rings is 3. The van der Waals surface area contributed by atoms with Gasteiger partial charge in [-0.3, -0.25) is 34.2 Å². The van der Waals surface area contributed by atoms with E-state index in [0.717, 1.165) is 22.6 Å². The minimum atomic E-state index is -4.75. The Morgan fingerprint density at radius 2 is 1.61 bits per heavy atom. The fourth-order valence-corrected chi connectivity index (χ4v) is 6.93. The molecule has 0 bridgehead atoms. The van der Waals surface area contributed by atoms with E-state index in [4.69, 9.17) is 24.2 Å². The second-order valence-corrected chi connectivity index (χ2v) is 14.3. The van der Waals surface area contributed by atoms with Crippen molar-refractivity contribution in [3.63, 3.8) is 0 Å². The minimum Gasteiger partial charge on any atom is -0.491 e. The third kappa shape index (κ3) is 9.19. The molecule has 3 aromatic carbocycles. The van der Waals surface area contributed by atoms with Gasteiger partial charge in [-0.1, -0.05) is 32.0 Å². The van der Waals surface area contributed by atoms with Crippen LogP contribution in [-0.4, -0.2) is 97.6 Å². The molecule has 0 aliphatic carbocycles. The summed E-state index contributed by atoms with van der Waals surface area (Å²) < 4.78 is 63.2. The quantitative estimate of drug-likeness (QED) is 0.156. The van der Waals surface area contributed by atoms with Gasteiger partial charge in [0.2, 0.25) is 11.8 Å². The van der Waals surface area contributed by atoms with Crippen molar-refractivity contribution in [3.8, 4) is 17.6 Å². The van der Waals surface area contributed by atoms with Crippen LogP contribution in [0.3, 0.4) is 0 Å². The van der Waals surface area contributed by atoms with Crippen LogP contribution in [-0.2, 0) is 36.6 Å². The topological polar surface area (TPSA) is 177 Å². The molecule has 3 aromatic rings. The number of carbonyl (C=O) groups excluding carboxylic acids is 5. The first-order chi connectivity index (χ1) is 27.2. The zero-order valence-corrected chi connectivity index (χ0v) is 31.1. The van der Waals surface area contributed by atoms with Crippen LogP contribution in [0, 0.1) is 16.7 Å². The van der Waals surface area contributed by atoms with E-state index in [1.165, 1.54) is 18.2 Å². The number of ether oxygens (including phenoxy) is 4. The average Bonchev–Trinajstić information content (AvgIpc) is 3.55. The van der Waals surface area contributed by atoms with Crippen molar-refractivity contribution >= 4 is 35.2 Å². The lowest BCUT2D eigenvalue weighted by Gasteiger charge is -2.27. The zero-order valence-electron chi connectivity index (χ0n) is 31.1. The Kier molecular flexibility index (Phi) is 12.1. The Balaban J connectivity index is 0.873. The molecule has 0 saturated carbocycles. The van der Waals surface area contributed by atoms with Crippen molar-refractivity contribution in [2.75, 3.05) is 51.4 Å². The second-order valence-electron chi connectivity index (χ2n) is 14.3. The molecule has 2 fully saturated rings. The molecule has 0 aromatic heterocycles. The zero-order chi connectivity index (χ0) is 40.9. The molecule has 17 heteroatoms. The first-order valence-corrected chi connectivity index (χ1v) is 18.2. The molecule has 6 rings (SSSR count). The summed E-state index contributed by atoms with van der Waals surface area (Å²) in [6.07, 6.45) is -5.66. The number of imide groups is 2. The molecule has 14 nitrogen and oxygen atoms in total. The highest BCUT2D eigenvalue weighted by Crippen LogP contribution is 2.38. The van der Waals surface area contributed by atoms with E-state index < -0.39 is 58.5 Å². The summed E-state index contributed by atoms with van der Waals surface area (Å²) in [6, 6.07) is 15.5. The van der Waals surface area contributed by atoms with Crippen LogP contribution >= 0.6 is 0 Å². The van der Waals surface area contributed by atoms with Crippen molar-refractivity contribution < 1.29 is 56.1 Å². The van der Waals surface area contributed by atoms with E-state index >= 15 is 0 Å². The fourth-order valence-electron chi connectivity index (χ4n) is 6.93. The lowest BCUT2D eigenvalue weighted by molar-refractivity contribution is -0.138. The van der Waals surface area contributed by atoms with Gasteiger partial charge in [-0.2, -0.15) is 18.4 Å². The summed E-state index contributed by atoms with van der Waals surface area (Å²) in [5.74, 6) is -2.19. The Morgan fingerprint density at radius 3 is 2.32 bits per heavy atom. The molecule has 57 heavy (non-hydrogen) atoms. The predicted octanol–water partition coefficient (Wildman–Crippen LogP) is 4.32. The number of fused-ring (bicyclic) bond motifs is 1. The maximum atomic E-state index is 13.5. The normalized spacial score (nSPS) is 19.1. The molecule has 300 valence electrons. The van der Waals surface area contributed by atoms with Crippen molar-refractivity contribution in [2.24, 2.45) is 5.41 Å². The minimum absolute atomic E-state index is 0.0384. The highest BCUT2D eigenvalue weighted by atomic mass is 19.4. The van der Waals surface area contributed by atoms with Crippen LogP contribution in [0.1, 0.15) is 64.1 Å². The number of anilines is 1. The Bertz CT molecular complexity index is 2080. The first kappa shape index (κ1) is 40.7. The van der Waals surface area contributed by atoms with Gasteiger partial charge in [-0.15, -0.1) is 0 Å². The summed E-state index contributed by atoms with van der Waals surface area (Å²) in [6.45, 7) is 5.96. The third-order valence-electron chi connectivity index (χ3n) is 9.71. The number of alkyl halides is 3. The average molecular weight is 792 g/mol. The van der Waals surface area contributed by atoms with E-state index in [2.05, 4.69) is 10.6 Å². The lowest BCUT2D eigenvalue weighted by atomic mass is 9.89. The monoisotopic (exact) mass is 791 g/mol. The highest BCUT2D eigenvalue weighted by molar-refractivity contribution is 6.25. The third-order valence-corrected chi connectivity index (χ3v) is 9.71. The van der Waals surface area contributed by atoms with Crippen molar-refractivity contribution in [2.45, 2.75) is 51.6 Å². The molecule has 3 aliphatic heterocycles. The molecule has 2 atom stereocenters. The van der Waals surface area contributed by atoms with E-state index in [-0.39, 0.29) is 55.4 Å². The van der Waals surface area contributed by atoms with E-state index in [9.17, 15) is 37.1 Å². The highest BCUT2D eigenvalue weighted by Gasteiger charge is 2.49. The Labute approximate surface area is 325 Å². The molecular formula is C40H40F3N5O9. The number of nitriles is 1. The van der Waals surface area contributed by atoms with Gasteiger partial charge in [0, 0.05) is 37.2 Å². The van der Waals surface area contributed by atoms with E-state index in [0.29, 0.717) is 44.3 Å². The summed E-state index contributed by atoms with van der Waals surface area (Å²) in [7, 11) is 0. The maximum Gasteiger partial charge on any atom is 0.417 e. The molecule has 2 saturated heterocycles. The van der Waals surface area contributed by atoms with Gasteiger partial charge in [0.25, 0.3) is 17.7 Å². The molecular weight excluding hydrogens is 751 g/mol. The number of piperidine rings is 1. The SMILES string of the molecule is CC1(C)CN(Cc2ccc(OCCOCCOCCNc3cccc4c3C(=O)N(C3CCC(=O)NC3=O)C4=O)cc2)C(=O)C1Oc1ccc(C#N)c(C(F)(F)F)c1. The lowest BCUT2D eigenvalue weighted by Crippen LogP contribution is -2.54. The van der Waals surface area contributed by atoms with Gasteiger partial charge in [-0.05, 0) is 54.4 Å². The van der Waals surface area contributed by atoms with Crippen LogP contribution in [0.4, 0.5) is 18.9 Å². The first-order valence-electron chi connectivity index (χ1n) is 18.2. The van der Waals surface area contributed by atoms with Gasteiger partial charge in [0.05, 0.1) is 54.8 Å². The maximum absolute atomic E-state index is 13.5. The van der Waals surface area contributed by atoms with Crippen LogP contribution in [0.25, 0.3) is 0 Å². The van der Waals surface area contributed by atoms with Crippen molar-refractivity contribution in [3.05, 3.63) is 88.5 Å². The second kappa shape index (κ2) is 17.0. The number of nitrogens with zero attached hydrogens (tertiary/aromatic N) is 3. The molecule has 3 heterocycles. The number of hydrogen-bond acceptors (Lipinski definition) is 11. The van der Waals surface area contributed by atoms with E-state index in [1.807, 2.05) is 12.1 Å². The van der Waals surface area contributed by atoms with Gasteiger partial charge in [0.1, 0.15) is 24.1 Å². The number of likely N-dealkylation sites (tertiary alicyclic amines) is 1. The summed E-state index contributed by atoms with van der Waals surface area (Å²) in [5.41, 5.74) is -0.737. The molecule has 5 amide bonds. The molecule has 0 spiro atoms. The molecule has 0 radical (unpaired) electrons. The van der Waals surface area contributed by atoms with E-state index in [1.54, 1.807) is 43.0 Å². The number of rotatable bonds is 16. The Hall–Kier alpha value is -5.99. The smallest absolute Gasteiger partial charge is 0.417 e. The van der Waals surface area contributed by atoms with Gasteiger partial charge >= 0.3 is 6.18 Å². The van der Waals surface area contributed by atoms with Gasteiger partial charge < -0.3 is 29.2 Å².